The molecule has 0 aliphatic rings. The van der Waals surface area contributed by atoms with Gasteiger partial charge in [-0.1, -0.05) is 167 Å². The van der Waals surface area contributed by atoms with E-state index in [-0.39, 0.29) is 18.5 Å². The Hall–Kier alpha value is -1.32. The highest BCUT2D eigenvalue weighted by Crippen LogP contribution is 2.18. The van der Waals surface area contributed by atoms with Crippen LogP contribution >= 0.6 is 0 Å². The van der Waals surface area contributed by atoms with Gasteiger partial charge in [-0.3, -0.25) is 9.59 Å². The summed E-state index contributed by atoms with van der Waals surface area (Å²) >= 11 is 0. The molecule has 0 spiro atoms. The van der Waals surface area contributed by atoms with E-state index in [4.69, 9.17) is 9.84 Å². The lowest BCUT2D eigenvalue weighted by Crippen LogP contribution is -2.19. The first-order valence-electron chi connectivity index (χ1n) is 18.7. The van der Waals surface area contributed by atoms with Gasteiger partial charge in [0.1, 0.15) is 6.10 Å². The molecular formula is C38H72O4. The number of carbonyl (C=O) groups is 2. The molecule has 0 aliphatic heterocycles. The molecular weight excluding hydrogens is 520 g/mol. The Balaban J connectivity index is 3.70. The molecule has 1 unspecified atom stereocenters. The van der Waals surface area contributed by atoms with Gasteiger partial charge in [0.2, 0.25) is 0 Å². The van der Waals surface area contributed by atoms with Gasteiger partial charge in [0.05, 0.1) is 0 Å². The van der Waals surface area contributed by atoms with E-state index < -0.39 is 5.97 Å². The molecule has 0 heterocycles. The number of carboxylic acids is 1. The minimum Gasteiger partial charge on any atom is -0.481 e. The number of hydrogen-bond donors (Lipinski definition) is 1. The van der Waals surface area contributed by atoms with Crippen LogP contribution in [-0.4, -0.2) is 23.1 Å². The molecule has 0 aliphatic carbocycles. The van der Waals surface area contributed by atoms with E-state index in [1.165, 1.54) is 135 Å². The van der Waals surface area contributed by atoms with Crippen molar-refractivity contribution in [2.45, 2.75) is 219 Å². The molecule has 0 fully saturated rings. The second kappa shape index (κ2) is 34.2. The van der Waals surface area contributed by atoms with Crippen molar-refractivity contribution in [1.82, 2.24) is 0 Å². The van der Waals surface area contributed by atoms with E-state index in [0.29, 0.717) is 12.8 Å². The normalized spacial score (nSPS) is 12.2. The minimum absolute atomic E-state index is 0.0733. The summed E-state index contributed by atoms with van der Waals surface area (Å²) in [7, 11) is 0. The van der Waals surface area contributed by atoms with Gasteiger partial charge >= 0.3 is 11.9 Å². The number of carbonyl (C=O) groups excluding carboxylic acids is 1. The van der Waals surface area contributed by atoms with E-state index in [0.717, 1.165) is 44.9 Å². The third-order valence-corrected chi connectivity index (χ3v) is 8.50. The lowest BCUT2D eigenvalue weighted by molar-refractivity contribution is -0.151. The molecule has 0 bridgehead atoms. The highest BCUT2D eigenvalue weighted by molar-refractivity contribution is 5.69. The Kier molecular flexibility index (Phi) is 33.1. The number of aliphatic carboxylic acids is 1. The molecule has 0 aromatic rings. The average Bonchev–Trinajstić information content (AvgIpc) is 2.97. The van der Waals surface area contributed by atoms with Crippen LogP contribution in [0.1, 0.15) is 213 Å². The van der Waals surface area contributed by atoms with E-state index in [9.17, 15) is 9.59 Å². The van der Waals surface area contributed by atoms with Crippen LogP contribution in [0.15, 0.2) is 12.2 Å². The fourth-order valence-corrected chi connectivity index (χ4v) is 5.68. The number of ether oxygens (including phenoxy) is 1. The first-order valence-corrected chi connectivity index (χ1v) is 18.7. The van der Waals surface area contributed by atoms with Crippen LogP contribution < -0.4 is 0 Å². The summed E-state index contributed by atoms with van der Waals surface area (Å²) in [6, 6.07) is 0. The predicted octanol–water partition coefficient (Wildman–Crippen LogP) is 12.7. The summed E-state index contributed by atoms with van der Waals surface area (Å²) in [5.74, 6) is -0.958. The van der Waals surface area contributed by atoms with Crippen molar-refractivity contribution in [3.05, 3.63) is 12.2 Å². The van der Waals surface area contributed by atoms with Crippen LogP contribution in [0, 0.1) is 0 Å². The quantitative estimate of drug-likeness (QED) is 0.0458. The molecule has 0 radical (unpaired) electrons. The lowest BCUT2D eigenvalue weighted by Gasteiger charge is -2.17. The summed E-state index contributed by atoms with van der Waals surface area (Å²) in [5.41, 5.74) is 0. The number of hydrogen-bond acceptors (Lipinski definition) is 3. The zero-order valence-corrected chi connectivity index (χ0v) is 28.3. The molecule has 0 aromatic carbocycles. The van der Waals surface area contributed by atoms with Gasteiger partial charge in [0, 0.05) is 12.8 Å². The number of rotatable bonds is 34. The van der Waals surface area contributed by atoms with Crippen LogP contribution in [0.5, 0.6) is 0 Å². The van der Waals surface area contributed by atoms with Crippen LogP contribution in [0.4, 0.5) is 0 Å². The molecule has 0 saturated heterocycles. The van der Waals surface area contributed by atoms with Crippen molar-refractivity contribution in [2.24, 2.45) is 0 Å². The Morgan fingerprint density at radius 2 is 0.905 bits per heavy atom. The van der Waals surface area contributed by atoms with Crippen LogP contribution in [0.25, 0.3) is 0 Å². The predicted molar refractivity (Wildman–Crippen MR) is 181 cm³/mol. The Morgan fingerprint density at radius 1 is 0.500 bits per heavy atom. The topological polar surface area (TPSA) is 63.6 Å². The van der Waals surface area contributed by atoms with Gasteiger partial charge in [0.25, 0.3) is 0 Å². The van der Waals surface area contributed by atoms with Gasteiger partial charge in [-0.2, -0.15) is 0 Å². The maximum absolute atomic E-state index is 12.4. The fraction of sp³-hybridized carbons (Fsp3) is 0.895. The number of carboxylic acid groups (broad SMARTS) is 1. The number of esters is 1. The van der Waals surface area contributed by atoms with Crippen LogP contribution in [0.3, 0.4) is 0 Å². The van der Waals surface area contributed by atoms with Crippen LogP contribution in [-0.2, 0) is 14.3 Å². The van der Waals surface area contributed by atoms with Gasteiger partial charge in [-0.05, 0) is 44.9 Å². The molecule has 0 rings (SSSR count). The molecule has 4 nitrogen and oxygen atoms in total. The molecule has 42 heavy (non-hydrogen) atoms. The first kappa shape index (κ1) is 40.7. The molecule has 0 saturated carbocycles. The van der Waals surface area contributed by atoms with Crippen molar-refractivity contribution in [3.8, 4) is 0 Å². The van der Waals surface area contributed by atoms with Gasteiger partial charge < -0.3 is 9.84 Å². The monoisotopic (exact) mass is 593 g/mol. The Bertz CT molecular complexity index is 600. The second-order valence-corrected chi connectivity index (χ2v) is 12.8. The second-order valence-electron chi connectivity index (χ2n) is 12.8. The molecule has 1 N–H and O–H groups in total. The van der Waals surface area contributed by atoms with Crippen molar-refractivity contribution >= 4 is 11.9 Å². The summed E-state index contributed by atoms with van der Waals surface area (Å²) in [6.07, 6.45) is 40.9. The minimum atomic E-state index is -0.811. The largest absolute Gasteiger partial charge is 0.481 e. The SMILES string of the molecule is CCCC/C=C\CCCCCCCC(=O)OC(CCCCCCCCCCCCCCCCCCCC)CCC(=O)O. The summed E-state index contributed by atoms with van der Waals surface area (Å²) < 4.78 is 5.71. The standard InChI is InChI=1S/C38H72O4/c1-3-5-7-9-11-13-15-16-17-18-19-20-21-23-24-26-28-30-32-36(34-35-37(39)40)42-38(41)33-31-29-27-25-22-14-12-10-8-6-4-2/h10,12,36H,3-9,11,13-35H2,1-2H3,(H,39,40)/b12-10-. The third-order valence-electron chi connectivity index (χ3n) is 8.50. The zero-order chi connectivity index (χ0) is 30.8. The molecule has 248 valence electrons. The van der Waals surface area contributed by atoms with Crippen molar-refractivity contribution in [1.29, 1.82) is 0 Å². The number of unbranched alkanes of at least 4 members (excludes halogenated alkanes) is 24. The lowest BCUT2D eigenvalue weighted by atomic mass is 10.0. The fourth-order valence-electron chi connectivity index (χ4n) is 5.68. The highest BCUT2D eigenvalue weighted by atomic mass is 16.5. The Labute approximate surface area is 262 Å². The maximum atomic E-state index is 12.4. The highest BCUT2D eigenvalue weighted by Gasteiger charge is 2.15. The summed E-state index contributed by atoms with van der Waals surface area (Å²) in [6.45, 7) is 4.51. The molecule has 4 heteroatoms. The first-order chi connectivity index (χ1) is 20.6. The summed E-state index contributed by atoms with van der Waals surface area (Å²) in [4.78, 5) is 23.4. The van der Waals surface area contributed by atoms with E-state index >= 15 is 0 Å². The van der Waals surface area contributed by atoms with Gasteiger partial charge in [0.15, 0.2) is 0 Å². The van der Waals surface area contributed by atoms with Gasteiger partial charge in [-0.25, -0.2) is 0 Å². The van der Waals surface area contributed by atoms with Crippen molar-refractivity contribution in [3.63, 3.8) is 0 Å². The third kappa shape index (κ3) is 33.2. The molecule has 0 amide bonds. The van der Waals surface area contributed by atoms with E-state index in [1.807, 2.05) is 0 Å². The maximum Gasteiger partial charge on any atom is 0.306 e. The average molecular weight is 593 g/mol. The summed E-state index contributed by atoms with van der Waals surface area (Å²) in [5, 5.41) is 9.10. The zero-order valence-electron chi connectivity index (χ0n) is 28.3. The molecule has 0 aromatic heterocycles. The number of allylic oxidation sites excluding steroid dienone is 2. The van der Waals surface area contributed by atoms with Crippen molar-refractivity contribution in [2.75, 3.05) is 0 Å². The smallest absolute Gasteiger partial charge is 0.306 e. The van der Waals surface area contributed by atoms with Crippen LogP contribution in [0.2, 0.25) is 0 Å². The van der Waals surface area contributed by atoms with Crippen molar-refractivity contribution < 1.29 is 19.4 Å². The Morgan fingerprint density at radius 3 is 1.38 bits per heavy atom. The molecule has 1 atom stereocenters. The van der Waals surface area contributed by atoms with E-state index in [1.54, 1.807) is 0 Å². The van der Waals surface area contributed by atoms with E-state index in [2.05, 4.69) is 26.0 Å². The van der Waals surface area contributed by atoms with Gasteiger partial charge in [-0.15, -0.1) is 0 Å².